The van der Waals surface area contributed by atoms with Crippen molar-refractivity contribution in [2.75, 3.05) is 20.1 Å². The molecular weight excluding hydrogens is 236 g/mol. The molecule has 1 aliphatic carbocycles. The van der Waals surface area contributed by atoms with E-state index in [4.69, 9.17) is 0 Å². The number of likely N-dealkylation sites (N-methyl/N-ethyl adjacent to an activating group) is 1. The quantitative estimate of drug-likeness (QED) is 0.810. The Bertz CT molecular complexity index is 445. The van der Waals surface area contributed by atoms with Crippen molar-refractivity contribution >= 4 is 5.78 Å². The molecule has 2 unspecified atom stereocenters. The van der Waals surface area contributed by atoms with E-state index in [-0.39, 0.29) is 0 Å². The summed E-state index contributed by atoms with van der Waals surface area (Å²) >= 11 is 0. The Morgan fingerprint density at radius 3 is 2.74 bits per heavy atom. The molecule has 19 heavy (non-hydrogen) atoms. The highest BCUT2D eigenvalue weighted by Gasteiger charge is 2.38. The zero-order chi connectivity index (χ0) is 13.2. The topological polar surface area (TPSA) is 23.6 Å². The molecule has 1 heterocycles. The molecule has 1 aromatic rings. The molecule has 3 nitrogen and oxygen atoms in total. The van der Waals surface area contributed by atoms with Crippen LogP contribution in [0.25, 0.3) is 0 Å². The second kappa shape index (κ2) is 5.43. The summed E-state index contributed by atoms with van der Waals surface area (Å²) in [5, 5.41) is 0. The van der Waals surface area contributed by atoms with Gasteiger partial charge in [-0.15, -0.1) is 0 Å². The van der Waals surface area contributed by atoms with Crippen molar-refractivity contribution < 1.29 is 4.79 Å². The summed E-state index contributed by atoms with van der Waals surface area (Å²) in [5.74, 6) is 0.439. The first-order chi connectivity index (χ1) is 9.24. The Kier molecular flexibility index (Phi) is 3.67. The van der Waals surface area contributed by atoms with Crippen molar-refractivity contribution in [3.05, 3.63) is 35.9 Å². The summed E-state index contributed by atoms with van der Waals surface area (Å²) in [5.41, 5.74) is 1.35. The molecule has 3 heteroatoms. The Morgan fingerprint density at radius 2 is 1.95 bits per heavy atom. The molecule has 3 rings (SSSR count). The van der Waals surface area contributed by atoms with Crippen LogP contribution in [-0.2, 0) is 11.3 Å². The number of ketones is 1. The average molecular weight is 258 g/mol. The van der Waals surface area contributed by atoms with E-state index in [0.29, 0.717) is 17.9 Å². The molecule has 2 atom stereocenters. The number of hydrogen-bond acceptors (Lipinski definition) is 3. The molecule has 0 spiro atoms. The fraction of sp³-hybridized carbons (Fsp3) is 0.562. The first kappa shape index (κ1) is 12.8. The van der Waals surface area contributed by atoms with Crippen LogP contribution in [0, 0.1) is 0 Å². The summed E-state index contributed by atoms with van der Waals surface area (Å²) < 4.78 is 0. The Morgan fingerprint density at radius 1 is 1.16 bits per heavy atom. The number of hydrogen-bond donors (Lipinski definition) is 0. The number of carbonyl (C=O) groups is 1. The highest BCUT2D eigenvalue weighted by atomic mass is 16.1. The van der Waals surface area contributed by atoms with E-state index in [0.717, 1.165) is 38.9 Å². The fourth-order valence-corrected chi connectivity index (χ4v) is 3.49. The Balaban J connectivity index is 1.75. The smallest absolute Gasteiger partial charge is 0.134 e. The molecule has 1 saturated carbocycles. The van der Waals surface area contributed by atoms with Gasteiger partial charge >= 0.3 is 0 Å². The van der Waals surface area contributed by atoms with Gasteiger partial charge in [-0.25, -0.2) is 0 Å². The zero-order valence-corrected chi connectivity index (χ0v) is 11.6. The first-order valence-corrected chi connectivity index (χ1v) is 7.24. The first-order valence-electron chi connectivity index (χ1n) is 7.24. The molecule has 1 aromatic carbocycles. The molecule has 2 fully saturated rings. The third kappa shape index (κ3) is 2.72. The normalized spacial score (nSPS) is 29.2. The third-order valence-corrected chi connectivity index (χ3v) is 4.60. The number of fused-ring (bicyclic) bond motifs is 1. The minimum absolute atomic E-state index is 0.417. The van der Waals surface area contributed by atoms with Crippen LogP contribution >= 0.6 is 0 Å². The van der Waals surface area contributed by atoms with Gasteiger partial charge in [0, 0.05) is 44.6 Å². The van der Waals surface area contributed by atoms with Gasteiger partial charge in [0.05, 0.1) is 0 Å². The van der Waals surface area contributed by atoms with Gasteiger partial charge in [0.15, 0.2) is 0 Å². The lowest BCUT2D eigenvalue weighted by atomic mass is 9.85. The van der Waals surface area contributed by atoms with Gasteiger partial charge in [0.1, 0.15) is 5.78 Å². The van der Waals surface area contributed by atoms with E-state index in [1.807, 2.05) is 0 Å². The lowest BCUT2D eigenvalue weighted by Crippen LogP contribution is -2.60. The van der Waals surface area contributed by atoms with Gasteiger partial charge in [0.2, 0.25) is 0 Å². The molecule has 2 aliphatic rings. The van der Waals surface area contributed by atoms with Gasteiger partial charge in [-0.3, -0.25) is 9.69 Å². The van der Waals surface area contributed by atoms with Crippen LogP contribution in [0.4, 0.5) is 0 Å². The highest BCUT2D eigenvalue weighted by molar-refractivity contribution is 5.80. The summed E-state index contributed by atoms with van der Waals surface area (Å²) in [6.07, 6.45) is 2.54. The number of Topliss-reactive ketones (excluding diaryl/α,β-unsaturated/α-hetero) is 1. The van der Waals surface area contributed by atoms with E-state index >= 15 is 0 Å². The lowest BCUT2D eigenvalue weighted by Gasteiger charge is -2.48. The van der Waals surface area contributed by atoms with E-state index in [1.54, 1.807) is 0 Å². The predicted octanol–water partition coefficient (Wildman–Crippen LogP) is 1.92. The second-order valence-electron chi connectivity index (χ2n) is 5.85. The molecular formula is C16H22N2O. The molecule has 1 aliphatic heterocycles. The van der Waals surface area contributed by atoms with Crippen LogP contribution in [-0.4, -0.2) is 47.8 Å². The summed E-state index contributed by atoms with van der Waals surface area (Å²) in [4.78, 5) is 16.7. The maximum atomic E-state index is 11.8. The minimum atomic E-state index is 0.417. The molecule has 0 radical (unpaired) electrons. The highest BCUT2D eigenvalue weighted by Crippen LogP contribution is 2.28. The van der Waals surface area contributed by atoms with Crippen molar-refractivity contribution in [2.45, 2.75) is 37.9 Å². The molecule has 0 bridgehead atoms. The van der Waals surface area contributed by atoms with Crippen LogP contribution in [0.15, 0.2) is 30.3 Å². The van der Waals surface area contributed by atoms with Crippen LogP contribution in [0.5, 0.6) is 0 Å². The molecule has 102 valence electrons. The second-order valence-corrected chi connectivity index (χ2v) is 5.85. The summed E-state index contributed by atoms with van der Waals surface area (Å²) in [6, 6.07) is 11.6. The van der Waals surface area contributed by atoms with Gasteiger partial charge in [-0.1, -0.05) is 30.3 Å². The number of carbonyl (C=O) groups excluding carboxylic acids is 1. The van der Waals surface area contributed by atoms with Crippen LogP contribution in [0.2, 0.25) is 0 Å². The third-order valence-electron chi connectivity index (χ3n) is 4.60. The Labute approximate surface area is 115 Å². The zero-order valence-electron chi connectivity index (χ0n) is 11.6. The standard InChI is InChI=1S/C16H22N2O/c1-17-9-10-18(12-13-5-3-2-4-6-13)16-11-14(19)7-8-15(16)17/h2-6,15-16H,7-12H2,1H3. The SMILES string of the molecule is CN1CCN(Cc2ccccc2)C2CC(=O)CCC21. The fourth-order valence-electron chi connectivity index (χ4n) is 3.49. The maximum Gasteiger partial charge on any atom is 0.134 e. The van der Waals surface area contributed by atoms with E-state index < -0.39 is 0 Å². The lowest BCUT2D eigenvalue weighted by molar-refractivity contribution is -0.125. The van der Waals surface area contributed by atoms with Crippen molar-refractivity contribution in [1.29, 1.82) is 0 Å². The van der Waals surface area contributed by atoms with Crippen LogP contribution in [0.3, 0.4) is 0 Å². The largest absolute Gasteiger partial charge is 0.301 e. The maximum absolute atomic E-state index is 11.8. The average Bonchev–Trinajstić information content (AvgIpc) is 2.43. The molecule has 0 N–H and O–H groups in total. The number of benzene rings is 1. The van der Waals surface area contributed by atoms with Gasteiger partial charge in [0.25, 0.3) is 0 Å². The van der Waals surface area contributed by atoms with Crippen molar-refractivity contribution in [1.82, 2.24) is 9.80 Å². The molecule has 1 saturated heterocycles. The van der Waals surface area contributed by atoms with Gasteiger partial charge in [-0.05, 0) is 19.0 Å². The van der Waals surface area contributed by atoms with E-state index in [2.05, 4.69) is 47.2 Å². The number of nitrogens with zero attached hydrogens (tertiary/aromatic N) is 2. The molecule has 0 amide bonds. The number of piperazine rings is 1. The summed E-state index contributed by atoms with van der Waals surface area (Å²) in [6.45, 7) is 3.16. The summed E-state index contributed by atoms with van der Waals surface area (Å²) in [7, 11) is 2.20. The Hall–Kier alpha value is -1.19. The number of rotatable bonds is 2. The monoisotopic (exact) mass is 258 g/mol. The van der Waals surface area contributed by atoms with Crippen LogP contribution < -0.4 is 0 Å². The van der Waals surface area contributed by atoms with E-state index in [1.165, 1.54) is 5.56 Å². The predicted molar refractivity (Wildman–Crippen MR) is 75.9 cm³/mol. The van der Waals surface area contributed by atoms with Crippen molar-refractivity contribution in [2.24, 2.45) is 0 Å². The van der Waals surface area contributed by atoms with Gasteiger partial charge in [-0.2, -0.15) is 0 Å². The van der Waals surface area contributed by atoms with Crippen LogP contribution in [0.1, 0.15) is 24.8 Å². The van der Waals surface area contributed by atoms with E-state index in [9.17, 15) is 4.79 Å². The molecule has 0 aromatic heterocycles. The minimum Gasteiger partial charge on any atom is -0.301 e. The van der Waals surface area contributed by atoms with Crippen molar-refractivity contribution in [3.8, 4) is 0 Å². The van der Waals surface area contributed by atoms with Crippen molar-refractivity contribution in [3.63, 3.8) is 0 Å². The van der Waals surface area contributed by atoms with Gasteiger partial charge < -0.3 is 4.90 Å².